The molecule has 0 N–H and O–H groups in total. The first kappa shape index (κ1) is 18.2. The summed E-state index contributed by atoms with van der Waals surface area (Å²) in [4.78, 5) is 12.4. The van der Waals surface area contributed by atoms with Gasteiger partial charge in [-0.1, -0.05) is 48.0 Å². The lowest BCUT2D eigenvalue weighted by atomic mass is 10.0. The molecule has 0 saturated carbocycles. The van der Waals surface area contributed by atoms with Crippen LogP contribution in [0.5, 0.6) is 0 Å². The number of nitrogens with zero attached hydrogens (tertiary/aromatic N) is 1. The predicted octanol–water partition coefficient (Wildman–Crippen LogP) is 3.58. The number of benzene rings is 2. The SMILES string of the molecule is CCOC(=O)C1=CN(S(=O)(=O)c2ccc(C)cc2)C(c2ccccc2)C1. The van der Waals surface area contributed by atoms with Crippen LogP contribution in [0.4, 0.5) is 0 Å². The Morgan fingerprint density at radius 1 is 1.12 bits per heavy atom. The normalized spacial score (nSPS) is 17.1. The van der Waals surface area contributed by atoms with Crippen molar-refractivity contribution in [2.75, 3.05) is 6.61 Å². The maximum absolute atomic E-state index is 13.2. The first-order valence-corrected chi connectivity index (χ1v) is 9.90. The highest BCUT2D eigenvalue weighted by atomic mass is 32.2. The maximum Gasteiger partial charge on any atom is 0.335 e. The lowest BCUT2D eigenvalue weighted by Gasteiger charge is -2.25. The van der Waals surface area contributed by atoms with E-state index in [4.69, 9.17) is 4.74 Å². The van der Waals surface area contributed by atoms with E-state index in [2.05, 4.69) is 0 Å². The molecule has 0 fully saturated rings. The van der Waals surface area contributed by atoms with E-state index in [0.29, 0.717) is 5.57 Å². The average Bonchev–Trinajstić information content (AvgIpc) is 3.09. The summed E-state index contributed by atoms with van der Waals surface area (Å²) in [6.45, 7) is 3.87. The molecule has 2 aromatic carbocycles. The van der Waals surface area contributed by atoms with Gasteiger partial charge in [0.05, 0.1) is 23.1 Å². The molecule has 0 aromatic heterocycles. The maximum atomic E-state index is 13.2. The predicted molar refractivity (Wildman–Crippen MR) is 98.7 cm³/mol. The molecular formula is C20H21NO4S. The average molecular weight is 371 g/mol. The molecule has 1 aliphatic rings. The number of carbonyl (C=O) groups excluding carboxylic acids is 1. The molecule has 136 valence electrons. The molecule has 1 unspecified atom stereocenters. The Labute approximate surface area is 154 Å². The van der Waals surface area contributed by atoms with Crippen molar-refractivity contribution in [1.82, 2.24) is 4.31 Å². The third-order valence-electron chi connectivity index (χ3n) is 4.32. The van der Waals surface area contributed by atoms with Crippen LogP contribution in [0, 0.1) is 6.92 Å². The number of aryl methyl sites for hydroxylation is 1. The van der Waals surface area contributed by atoms with Crippen LogP contribution in [-0.2, 0) is 19.6 Å². The second kappa shape index (κ2) is 7.33. The Balaban J connectivity index is 2.03. The van der Waals surface area contributed by atoms with Gasteiger partial charge in [0.25, 0.3) is 10.0 Å². The van der Waals surface area contributed by atoms with Crippen molar-refractivity contribution in [2.45, 2.75) is 31.2 Å². The van der Waals surface area contributed by atoms with Gasteiger partial charge in [0, 0.05) is 12.6 Å². The Morgan fingerprint density at radius 2 is 1.77 bits per heavy atom. The van der Waals surface area contributed by atoms with Gasteiger partial charge >= 0.3 is 5.97 Å². The molecule has 0 spiro atoms. The molecule has 0 bridgehead atoms. The number of ether oxygens (including phenoxy) is 1. The topological polar surface area (TPSA) is 63.7 Å². The second-order valence-electron chi connectivity index (χ2n) is 6.15. The van der Waals surface area contributed by atoms with Gasteiger partial charge in [-0.15, -0.1) is 0 Å². The van der Waals surface area contributed by atoms with Gasteiger partial charge < -0.3 is 4.74 Å². The van der Waals surface area contributed by atoms with Crippen LogP contribution in [0.3, 0.4) is 0 Å². The molecule has 0 aliphatic carbocycles. The standard InChI is InChI=1S/C20H21NO4S/c1-3-25-20(22)17-13-19(16-7-5-4-6-8-16)21(14-17)26(23,24)18-11-9-15(2)10-12-18/h4-12,14,19H,3,13H2,1-2H3. The Bertz CT molecular complexity index is 918. The number of hydrogen-bond donors (Lipinski definition) is 0. The van der Waals surface area contributed by atoms with E-state index in [1.54, 1.807) is 31.2 Å². The highest BCUT2D eigenvalue weighted by Crippen LogP contribution is 2.39. The summed E-state index contributed by atoms with van der Waals surface area (Å²) in [6, 6.07) is 15.5. The minimum Gasteiger partial charge on any atom is -0.463 e. The van der Waals surface area contributed by atoms with Crippen molar-refractivity contribution in [3.63, 3.8) is 0 Å². The molecule has 1 heterocycles. The van der Waals surface area contributed by atoms with Crippen LogP contribution >= 0.6 is 0 Å². The van der Waals surface area contributed by atoms with Gasteiger partial charge in [0.15, 0.2) is 0 Å². The van der Waals surface area contributed by atoms with Crippen LogP contribution < -0.4 is 0 Å². The molecule has 0 saturated heterocycles. The van der Waals surface area contributed by atoms with Crippen LogP contribution in [-0.4, -0.2) is 25.3 Å². The molecule has 6 heteroatoms. The monoisotopic (exact) mass is 371 g/mol. The van der Waals surface area contributed by atoms with Crippen molar-refractivity contribution in [3.8, 4) is 0 Å². The summed E-state index contributed by atoms with van der Waals surface area (Å²) in [6.07, 6.45) is 1.69. The zero-order valence-electron chi connectivity index (χ0n) is 14.8. The Morgan fingerprint density at radius 3 is 2.38 bits per heavy atom. The van der Waals surface area contributed by atoms with Gasteiger partial charge in [0.2, 0.25) is 0 Å². The highest BCUT2D eigenvalue weighted by molar-refractivity contribution is 7.89. The zero-order chi connectivity index (χ0) is 18.7. The minimum atomic E-state index is -3.78. The lowest BCUT2D eigenvalue weighted by molar-refractivity contribution is -0.138. The molecule has 1 aliphatic heterocycles. The first-order chi connectivity index (χ1) is 12.4. The van der Waals surface area contributed by atoms with E-state index in [1.165, 1.54) is 10.5 Å². The zero-order valence-corrected chi connectivity index (χ0v) is 15.6. The fraction of sp³-hybridized carbons (Fsp3) is 0.250. The van der Waals surface area contributed by atoms with E-state index in [-0.39, 0.29) is 17.9 Å². The summed E-state index contributed by atoms with van der Waals surface area (Å²) in [5, 5.41) is 0. The van der Waals surface area contributed by atoms with Crippen molar-refractivity contribution >= 4 is 16.0 Å². The molecule has 26 heavy (non-hydrogen) atoms. The summed E-state index contributed by atoms with van der Waals surface area (Å²) in [5.41, 5.74) is 2.17. The fourth-order valence-electron chi connectivity index (χ4n) is 2.96. The first-order valence-electron chi connectivity index (χ1n) is 8.46. The molecule has 5 nitrogen and oxygen atoms in total. The van der Waals surface area contributed by atoms with Crippen LogP contribution in [0.15, 0.2) is 71.3 Å². The van der Waals surface area contributed by atoms with Crippen molar-refractivity contribution in [1.29, 1.82) is 0 Å². The van der Waals surface area contributed by atoms with Crippen LogP contribution in [0.1, 0.15) is 30.5 Å². The summed E-state index contributed by atoms with van der Waals surface area (Å²) in [7, 11) is -3.78. The number of esters is 1. The summed E-state index contributed by atoms with van der Waals surface area (Å²) >= 11 is 0. The van der Waals surface area contributed by atoms with Gasteiger partial charge in [-0.3, -0.25) is 4.31 Å². The van der Waals surface area contributed by atoms with Crippen molar-refractivity contribution in [3.05, 3.63) is 77.5 Å². The van der Waals surface area contributed by atoms with E-state index in [9.17, 15) is 13.2 Å². The van der Waals surface area contributed by atoms with Gasteiger partial charge in [-0.2, -0.15) is 0 Å². The number of sulfonamides is 1. The van der Waals surface area contributed by atoms with Crippen LogP contribution in [0.25, 0.3) is 0 Å². The molecule has 3 rings (SSSR count). The largest absolute Gasteiger partial charge is 0.463 e. The highest BCUT2D eigenvalue weighted by Gasteiger charge is 2.37. The van der Waals surface area contributed by atoms with E-state index in [0.717, 1.165) is 11.1 Å². The molecule has 0 amide bonds. The van der Waals surface area contributed by atoms with Gasteiger partial charge in [-0.05, 0) is 31.5 Å². The number of rotatable bonds is 5. The van der Waals surface area contributed by atoms with Gasteiger partial charge in [0.1, 0.15) is 0 Å². The minimum absolute atomic E-state index is 0.199. The fourth-order valence-corrected chi connectivity index (χ4v) is 4.48. The quantitative estimate of drug-likeness (QED) is 0.754. The number of hydrogen-bond acceptors (Lipinski definition) is 4. The molecule has 2 aromatic rings. The van der Waals surface area contributed by atoms with E-state index in [1.807, 2.05) is 37.3 Å². The molecular weight excluding hydrogens is 350 g/mol. The van der Waals surface area contributed by atoms with Crippen molar-refractivity contribution < 1.29 is 17.9 Å². The summed E-state index contributed by atoms with van der Waals surface area (Å²) in [5.74, 6) is -0.477. The molecule has 1 atom stereocenters. The summed E-state index contributed by atoms with van der Waals surface area (Å²) < 4.78 is 32.7. The lowest BCUT2D eigenvalue weighted by Crippen LogP contribution is -2.27. The second-order valence-corrected chi connectivity index (χ2v) is 8.00. The third-order valence-corrected chi connectivity index (χ3v) is 6.10. The number of carbonyl (C=O) groups is 1. The van der Waals surface area contributed by atoms with Gasteiger partial charge in [-0.25, -0.2) is 13.2 Å². The van der Waals surface area contributed by atoms with Crippen molar-refractivity contribution in [2.24, 2.45) is 0 Å². The third kappa shape index (κ3) is 3.51. The van der Waals surface area contributed by atoms with E-state index >= 15 is 0 Å². The Hall–Kier alpha value is -2.60. The van der Waals surface area contributed by atoms with E-state index < -0.39 is 22.0 Å². The van der Waals surface area contributed by atoms with Crippen LogP contribution in [0.2, 0.25) is 0 Å². The smallest absolute Gasteiger partial charge is 0.335 e. The molecule has 0 radical (unpaired) electrons. The Kier molecular flexibility index (Phi) is 5.13.